The molecule has 5 rings (SSSR count). The Kier molecular flexibility index (Phi) is 4.80. The van der Waals surface area contributed by atoms with E-state index in [0.717, 1.165) is 24.2 Å². The molecule has 1 aromatic rings. The van der Waals surface area contributed by atoms with E-state index >= 15 is 0 Å². The molecule has 0 radical (unpaired) electrons. The smallest absolute Gasteiger partial charge is 0.254 e. The summed E-state index contributed by atoms with van der Waals surface area (Å²) >= 11 is 0. The Morgan fingerprint density at radius 1 is 1.22 bits per heavy atom. The molecule has 1 amide bonds. The van der Waals surface area contributed by atoms with Crippen LogP contribution in [-0.2, 0) is 14.8 Å². The van der Waals surface area contributed by atoms with Crippen LogP contribution in [0, 0.1) is 0 Å². The van der Waals surface area contributed by atoms with E-state index < -0.39 is 21.2 Å². The van der Waals surface area contributed by atoms with E-state index in [0.29, 0.717) is 0 Å². The second kappa shape index (κ2) is 7.43. The van der Waals surface area contributed by atoms with E-state index in [9.17, 15) is 13.2 Å². The van der Waals surface area contributed by atoms with Crippen molar-refractivity contribution in [2.45, 2.75) is 30.1 Å². The Morgan fingerprint density at radius 3 is 2.62 bits per heavy atom. The average Bonchev–Trinajstić information content (AvgIpc) is 3.59. The summed E-state index contributed by atoms with van der Waals surface area (Å²) in [6, 6.07) is 7.95. The minimum atomic E-state index is -3.60. The largest absolute Gasteiger partial charge is 0.359 e. The normalized spacial score (nSPS) is 27.8. The van der Waals surface area contributed by atoms with Crippen molar-refractivity contribution < 1.29 is 13.2 Å². The van der Waals surface area contributed by atoms with E-state index in [4.69, 9.17) is 5.14 Å². The predicted molar refractivity (Wildman–Crippen MR) is 119 cm³/mol. The van der Waals surface area contributed by atoms with E-state index in [1.54, 1.807) is 18.4 Å². The first kappa shape index (κ1) is 20.7. The van der Waals surface area contributed by atoms with Gasteiger partial charge in [-0.2, -0.15) is 5.12 Å². The molecule has 0 aromatic heterocycles. The highest BCUT2D eigenvalue weighted by Crippen LogP contribution is 2.41. The molecule has 1 fully saturated rings. The van der Waals surface area contributed by atoms with Crippen LogP contribution in [-0.4, -0.2) is 49.0 Å². The number of benzene rings is 1. The third-order valence-corrected chi connectivity index (χ3v) is 6.52. The number of rotatable bonds is 7. The van der Waals surface area contributed by atoms with E-state index in [1.807, 2.05) is 47.5 Å². The molecule has 4 aliphatic rings. The molecule has 2 aliphatic carbocycles. The third kappa shape index (κ3) is 3.66. The lowest BCUT2D eigenvalue weighted by Gasteiger charge is -2.46. The fraction of sp³-hybridized carbons (Fsp3) is 0.350. The van der Waals surface area contributed by atoms with Gasteiger partial charge in [0.1, 0.15) is 0 Å². The standard InChI is InChI=1S/C20H24N8O3S/c21-32(30,31)14-12-23-28-20(25-26-28)9-7-19(8-10-20,18(29)24-15-5-6-15)27-13-11-22-16-3-1-2-4-17(16)27/h1-4,7-11,13,15,22-23H,5-6,12,14H2,(H,24,29)(H2,21,30,31). The number of hydrogen-bond donors (Lipinski definition) is 4. The molecule has 2 aliphatic heterocycles. The number of hydrazine groups is 1. The van der Waals surface area contributed by atoms with Crippen LogP contribution < -0.4 is 26.1 Å². The predicted octanol–water partition coefficient (Wildman–Crippen LogP) is 0.705. The minimum Gasteiger partial charge on any atom is -0.359 e. The van der Waals surface area contributed by atoms with Gasteiger partial charge in [0.05, 0.1) is 17.1 Å². The fourth-order valence-electron chi connectivity index (χ4n) is 3.82. The second-order valence-electron chi connectivity index (χ2n) is 8.15. The molecule has 5 N–H and O–H groups in total. The van der Waals surface area contributed by atoms with Crippen LogP contribution in [0.15, 0.2) is 71.3 Å². The molecule has 0 unspecified atom stereocenters. The van der Waals surface area contributed by atoms with E-state index in [1.165, 1.54) is 5.12 Å². The van der Waals surface area contributed by atoms with Crippen molar-refractivity contribution in [3.63, 3.8) is 0 Å². The summed E-state index contributed by atoms with van der Waals surface area (Å²) in [7, 11) is -3.60. The first-order valence-corrected chi connectivity index (χ1v) is 12.0. The van der Waals surface area contributed by atoms with Gasteiger partial charge in [-0.3, -0.25) is 4.79 Å². The van der Waals surface area contributed by atoms with Crippen molar-refractivity contribution in [2.75, 3.05) is 22.5 Å². The average molecular weight is 457 g/mol. The first-order valence-electron chi connectivity index (χ1n) is 10.3. The number of nitrogens with one attached hydrogen (secondary N) is 3. The molecule has 1 saturated carbocycles. The molecule has 0 saturated heterocycles. The van der Waals surface area contributed by atoms with Crippen LogP contribution in [0.2, 0.25) is 0 Å². The number of para-hydroxylation sites is 2. The van der Waals surface area contributed by atoms with Crippen molar-refractivity contribution in [2.24, 2.45) is 15.5 Å². The Morgan fingerprint density at radius 2 is 1.97 bits per heavy atom. The lowest BCUT2D eigenvalue weighted by atomic mass is 9.86. The maximum Gasteiger partial charge on any atom is 0.254 e. The Bertz CT molecular complexity index is 1140. The van der Waals surface area contributed by atoms with Crippen LogP contribution in [0.5, 0.6) is 0 Å². The van der Waals surface area contributed by atoms with Gasteiger partial charge in [0, 0.05) is 25.0 Å². The van der Waals surface area contributed by atoms with Gasteiger partial charge in [0.15, 0.2) is 5.54 Å². The number of primary sulfonamides is 1. The van der Waals surface area contributed by atoms with Crippen LogP contribution in [0.4, 0.5) is 11.4 Å². The van der Waals surface area contributed by atoms with Crippen molar-refractivity contribution >= 4 is 27.3 Å². The highest BCUT2D eigenvalue weighted by molar-refractivity contribution is 7.89. The molecule has 2 heterocycles. The van der Waals surface area contributed by atoms with E-state index in [-0.39, 0.29) is 24.2 Å². The van der Waals surface area contributed by atoms with Crippen LogP contribution in [0.3, 0.4) is 0 Å². The Hall–Kier alpha value is -3.22. The number of sulfonamides is 1. The molecule has 32 heavy (non-hydrogen) atoms. The second-order valence-corrected chi connectivity index (χ2v) is 9.88. The van der Waals surface area contributed by atoms with Crippen LogP contribution in [0.1, 0.15) is 12.8 Å². The molecule has 12 heteroatoms. The highest BCUT2D eigenvalue weighted by atomic mass is 32.2. The molecular weight excluding hydrogens is 432 g/mol. The third-order valence-electron chi connectivity index (χ3n) is 5.75. The number of nitrogens with two attached hydrogens (primary N) is 1. The number of fused-ring (bicyclic) bond motifs is 1. The highest BCUT2D eigenvalue weighted by Gasteiger charge is 2.49. The zero-order valence-corrected chi connectivity index (χ0v) is 18.0. The first-order chi connectivity index (χ1) is 15.3. The van der Waals surface area contributed by atoms with Gasteiger partial charge in [-0.25, -0.2) is 19.0 Å². The van der Waals surface area contributed by atoms with Crippen molar-refractivity contribution in [1.29, 1.82) is 0 Å². The van der Waals surface area contributed by atoms with Crippen LogP contribution in [0.25, 0.3) is 0 Å². The number of carbonyl (C=O) groups excluding carboxylic acids is 1. The lowest BCUT2D eigenvalue weighted by Crippen LogP contribution is -2.61. The number of hydrogen-bond acceptors (Lipinski definition) is 9. The van der Waals surface area contributed by atoms with Gasteiger partial charge in [-0.15, -0.1) is 5.11 Å². The maximum absolute atomic E-state index is 13.5. The molecule has 1 spiro atoms. The maximum atomic E-state index is 13.5. The van der Waals surface area contributed by atoms with Crippen molar-refractivity contribution in [1.82, 2.24) is 15.9 Å². The fourth-order valence-corrected chi connectivity index (χ4v) is 4.20. The van der Waals surface area contributed by atoms with Gasteiger partial charge in [0.25, 0.3) is 5.91 Å². The molecule has 0 atom stereocenters. The summed E-state index contributed by atoms with van der Waals surface area (Å²) in [5, 5.41) is 21.0. The topological polar surface area (TPSA) is 145 Å². The van der Waals surface area contributed by atoms with Gasteiger partial charge < -0.3 is 15.5 Å². The summed E-state index contributed by atoms with van der Waals surface area (Å²) < 4.78 is 22.4. The molecular formula is C20H24N8O3S. The zero-order chi connectivity index (χ0) is 22.4. The molecule has 168 valence electrons. The zero-order valence-electron chi connectivity index (χ0n) is 17.2. The van der Waals surface area contributed by atoms with Crippen molar-refractivity contribution in [3.05, 3.63) is 61.0 Å². The summed E-state index contributed by atoms with van der Waals surface area (Å²) in [5.41, 5.74) is 2.63. The molecule has 11 nitrogen and oxygen atoms in total. The quantitative estimate of drug-likeness (QED) is 0.442. The summed E-state index contributed by atoms with van der Waals surface area (Å²) in [6.07, 6.45) is 12.8. The van der Waals surface area contributed by atoms with E-state index in [2.05, 4.69) is 26.4 Å². The molecule has 0 bridgehead atoms. The summed E-state index contributed by atoms with van der Waals surface area (Å²) in [4.78, 5) is 15.4. The molecule has 1 aromatic carbocycles. The van der Waals surface area contributed by atoms with Gasteiger partial charge >= 0.3 is 0 Å². The van der Waals surface area contributed by atoms with Gasteiger partial charge in [-0.05, 0) is 49.3 Å². The van der Waals surface area contributed by atoms with Crippen LogP contribution >= 0.6 is 0 Å². The van der Waals surface area contributed by atoms with Gasteiger partial charge in [-0.1, -0.05) is 17.4 Å². The minimum absolute atomic E-state index is 0.0858. The number of carbonyl (C=O) groups is 1. The number of amides is 1. The number of anilines is 2. The van der Waals surface area contributed by atoms with Gasteiger partial charge in [0.2, 0.25) is 15.7 Å². The Labute approximate surface area is 185 Å². The monoisotopic (exact) mass is 456 g/mol. The summed E-state index contributed by atoms with van der Waals surface area (Å²) in [6.45, 7) is 0.0858. The van der Waals surface area contributed by atoms with Crippen molar-refractivity contribution in [3.8, 4) is 0 Å². The SMILES string of the molecule is NS(=O)(=O)CCNN1N=NC12C=CC(C(=O)NC1CC1)(N1C=CNc3ccccc31)C=C2. The Balaban J connectivity index is 1.43. The summed E-state index contributed by atoms with van der Waals surface area (Å²) in [5.74, 6) is -0.368. The lowest BCUT2D eigenvalue weighted by molar-refractivity contribution is -0.123. The number of nitrogens with zero attached hydrogens (tertiary/aromatic N) is 4.